The van der Waals surface area contributed by atoms with Gasteiger partial charge in [-0.2, -0.15) is 0 Å². The number of esters is 2. The third-order valence-corrected chi connectivity index (χ3v) is 4.53. The van der Waals surface area contributed by atoms with Crippen LogP contribution in [0.3, 0.4) is 0 Å². The summed E-state index contributed by atoms with van der Waals surface area (Å²) >= 11 is 0. The fraction of sp³-hybridized carbons (Fsp3) is 0.737. The number of ether oxygens (including phenoxy) is 1. The largest absolute Gasteiger partial charge is 0.481 e. The van der Waals surface area contributed by atoms with Gasteiger partial charge in [-0.1, -0.05) is 33.1 Å². The molecule has 0 aromatic rings. The minimum Gasteiger partial charge on any atom is -0.481 e. The summed E-state index contributed by atoms with van der Waals surface area (Å²) in [6.07, 6.45) is 14.5. The van der Waals surface area contributed by atoms with Gasteiger partial charge in [0.1, 0.15) is 1.37 Å². The van der Waals surface area contributed by atoms with E-state index in [-0.39, 0.29) is 29.7 Å². The average molecular weight is 340 g/mol. The van der Waals surface area contributed by atoms with Crippen molar-refractivity contribution in [3.63, 3.8) is 0 Å². The first-order valence-corrected chi connectivity index (χ1v) is 8.56. The smallest absolute Gasteiger partial charge is 0.316 e. The van der Waals surface area contributed by atoms with E-state index in [4.69, 9.17) is 12.6 Å². The summed E-state index contributed by atoms with van der Waals surface area (Å²) in [7, 11) is 0. The maximum atomic E-state index is 11.2. The highest BCUT2D eigenvalue weighted by atomic mass is 16.6. The molecule has 1 N–H and O–H groups in total. The van der Waals surface area contributed by atoms with E-state index in [1.54, 1.807) is 6.92 Å². The lowest BCUT2D eigenvalue weighted by molar-refractivity contribution is -0.169. The van der Waals surface area contributed by atoms with Gasteiger partial charge in [0.25, 0.3) is 0 Å². The van der Waals surface area contributed by atoms with Crippen LogP contribution in [0.5, 0.6) is 0 Å². The molecular formula is C19H30O5. The quantitative estimate of drug-likeness (QED) is 0.480. The number of hydrogen-bond donors (Lipinski definition) is 1. The van der Waals surface area contributed by atoms with Crippen molar-refractivity contribution in [2.75, 3.05) is 0 Å². The van der Waals surface area contributed by atoms with Crippen LogP contribution in [0.25, 0.3) is 0 Å². The second-order valence-corrected chi connectivity index (χ2v) is 5.96. The highest BCUT2D eigenvalue weighted by molar-refractivity contribution is 5.88. The second kappa shape index (κ2) is 12.6. The Bertz CT molecular complexity index is 451. The summed E-state index contributed by atoms with van der Waals surface area (Å²) in [5, 5.41) is 8.23. The van der Waals surface area contributed by atoms with Crippen molar-refractivity contribution in [1.82, 2.24) is 0 Å². The standard InChI is InChI=1S/C10H14O3.C5H8O2.C2H6.C2H2/c11-9(7-3-1-4-7)13-10(12)8-5-2-6-8;6-5(7)4-2-1-3-4;2*1-2/h7-8H,1-6H2;4H,1-3H2,(H,6,7);1-2H3;1-2H/i;;2*1D. The van der Waals surface area contributed by atoms with Crippen LogP contribution in [0.2, 0.25) is 0 Å². The number of rotatable bonds is 3. The SMILES string of the molecule is O=C(O)C1CCC1.O=C(OC(=O)C1CCC1)C1CCC1.[2H]C#C.[2H]CC. The predicted molar refractivity (Wildman–Crippen MR) is 92.0 cm³/mol. The molecular weight excluding hydrogens is 308 g/mol. The molecule has 0 saturated heterocycles. The summed E-state index contributed by atoms with van der Waals surface area (Å²) in [4.78, 5) is 32.5. The molecule has 5 nitrogen and oxygen atoms in total. The number of aliphatic carboxylic acids is 1. The zero-order chi connectivity index (χ0) is 19.9. The number of carboxylic acids is 1. The van der Waals surface area contributed by atoms with Gasteiger partial charge in [-0.15, -0.1) is 12.8 Å². The van der Waals surface area contributed by atoms with E-state index in [1.807, 2.05) is 0 Å². The highest BCUT2D eigenvalue weighted by Gasteiger charge is 2.33. The first kappa shape index (κ1) is 18.5. The van der Waals surface area contributed by atoms with Crippen LogP contribution >= 0.6 is 0 Å². The van der Waals surface area contributed by atoms with E-state index in [0.29, 0.717) is 6.90 Å². The number of carboxylic acid groups (broad SMARTS) is 1. The minimum atomic E-state index is -0.619. The van der Waals surface area contributed by atoms with Gasteiger partial charge in [-0.25, -0.2) is 0 Å². The van der Waals surface area contributed by atoms with Crippen molar-refractivity contribution >= 4 is 17.9 Å². The molecule has 0 aromatic carbocycles. The summed E-state index contributed by atoms with van der Waals surface area (Å²) < 4.78 is 16.7. The lowest BCUT2D eigenvalue weighted by atomic mass is 9.84. The molecule has 0 heterocycles. The molecule has 0 aliphatic heterocycles. The zero-order valence-corrected chi connectivity index (χ0v) is 14.5. The van der Waals surface area contributed by atoms with E-state index < -0.39 is 5.97 Å². The molecule has 0 amide bonds. The molecule has 5 heteroatoms. The Morgan fingerprint density at radius 2 is 1.25 bits per heavy atom. The molecule has 0 spiro atoms. The van der Waals surface area contributed by atoms with Gasteiger partial charge in [0.15, 0.2) is 0 Å². The van der Waals surface area contributed by atoms with E-state index in [2.05, 4.69) is 6.42 Å². The number of terminal acetylenes is 1. The van der Waals surface area contributed by atoms with Gasteiger partial charge in [0.05, 0.1) is 17.8 Å². The van der Waals surface area contributed by atoms with Crippen molar-refractivity contribution < 1.29 is 27.0 Å². The minimum absolute atomic E-state index is 0.000000000000000444. The fourth-order valence-corrected chi connectivity index (χ4v) is 2.21. The molecule has 0 aromatic heterocycles. The Morgan fingerprint density at radius 1 is 0.958 bits per heavy atom. The zero-order valence-electron chi connectivity index (χ0n) is 16.5. The summed E-state index contributed by atoms with van der Waals surface area (Å²) in [6.45, 7) is 2.29. The van der Waals surface area contributed by atoms with Crippen LogP contribution in [0.1, 0.15) is 74.4 Å². The summed E-state index contributed by atoms with van der Waals surface area (Å²) in [6, 6.07) is 0. The number of carbonyl (C=O) groups excluding carboxylic acids is 2. The van der Waals surface area contributed by atoms with Crippen molar-refractivity contribution in [3.05, 3.63) is 0 Å². The molecule has 24 heavy (non-hydrogen) atoms. The maximum absolute atomic E-state index is 11.2. The monoisotopic (exact) mass is 340 g/mol. The van der Waals surface area contributed by atoms with E-state index in [9.17, 15) is 14.4 Å². The Hall–Kier alpha value is -1.83. The molecule has 3 rings (SSSR count). The Labute approximate surface area is 148 Å². The van der Waals surface area contributed by atoms with Crippen molar-refractivity contribution in [3.8, 4) is 12.8 Å². The first-order chi connectivity index (χ1) is 12.4. The van der Waals surface area contributed by atoms with Gasteiger partial charge < -0.3 is 9.84 Å². The van der Waals surface area contributed by atoms with Crippen LogP contribution in [-0.2, 0) is 19.1 Å². The molecule has 3 aliphatic carbocycles. The molecule has 0 atom stereocenters. The van der Waals surface area contributed by atoms with Crippen LogP contribution in [0, 0.1) is 30.6 Å². The fourth-order valence-electron chi connectivity index (χ4n) is 2.21. The Balaban J connectivity index is 0.000000405. The van der Waals surface area contributed by atoms with Gasteiger partial charge in [-0.3, -0.25) is 14.4 Å². The van der Waals surface area contributed by atoms with Gasteiger partial charge in [-0.05, 0) is 38.5 Å². The van der Waals surface area contributed by atoms with Crippen LogP contribution in [-0.4, -0.2) is 23.0 Å². The van der Waals surface area contributed by atoms with E-state index in [0.717, 1.165) is 57.8 Å². The molecule has 0 bridgehead atoms. The van der Waals surface area contributed by atoms with Crippen LogP contribution < -0.4 is 0 Å². The van der Waals surface area contributed by atoms with Crippen molar-refractivity contribution in [1.29, 1.82) is 0 Å². The number of hydrogen-bond acceptors (Lipinski definition) is 4. The molecule has 0 radical (unpaired) electrons. The lowest BCUT2D eigenvalue weighted by Gasteiger charge is -2.26. The second-order valence-electron chi connectivity index (χ2n) is 5.96. The Kier molecular flexibility index (Phi) is 9.70. The molecule has 3 aliphatic rings. The summed E-state index contributed by atoms with van der Waals surface area (Å²) in [5.41, 5.74) is 0. The van der Waals surface area contributed by atoms with Crippen molar-refractivity contribution in [2.24, 2.45) is 17.8 Å². The van der Waals surface area contributed by atoms with E-state index in [1.165, 1.54) is 6.40 Å². The third-order valence-electron chi connectivity index (χ3n) is 4.53. The van der Waals surface area contributed by atoms with Gasteiger partial charge >= 0.3 is 17.9 Å². The molecule has 0 unspecified atom stereocenters. The third kappa shape index (κ3) is 7.16. The first-order valence-electron chi connectivity index (χ1n) is 9.76. The van der Waals surface area contributed by atoms with Crippen LogP contribution in [0.4, 0.5) is 0 Å². The normalized spacial score (nSPS) is 19.8. The lowest BCUT2D eigenvalue weighted by Crippen LogP contribution is -2.31. The van der Waals surface area contributed by atoms with Gasteiger partial charge in [0, 0.05) is 1.37 Å². The average Bonchev–Trinajstić information content (AvgIpc) is 2.33. The number of carbonyl (C=O) groups is 3. The predicted octanol–water partition coefficient (Wildman–Crippen LogP) is 3.80. The molecule has 136 valence electrons. The van der Waals surface area contributed by atoms with Gasteiger partial charge in [0.2, 0.25) is 0 Å². The molecule has 3 fully saturated rings. The highest BCUT2D eigenvalue weighted by Crippen LogP contribution is 2.30. The van der Waals surface area contributed by atoms with Crippen LogP contribution in [0.15, 0.2) is 0 Å². The maximum Gasteiger partial charge on any atom is 0.316 e. The molecule has 3 saturated carbocycles. The topological polar surface area (TPSA) is 80.7 Å². The summed E-state index contributed by atoms with van der Waals surface area (Å²) in [5.74, 6) is -1.16. The van der Waals surface area contributed by atoms with Crippen molar-refractivity contribution in [2.45, 2.75) is 71.6 Å². The Morgan fingerprint density at radius 3 is 1.38 bits per heavy atom. The van der Waals surface area contributed by atoms with E-state index >= 15 is 0 Å².